The fraction of sp³-hybridized carbons (Fsp3) is 0.385. The summed E-state index contributed by atoms with van der Waals surface area (Å²) in [5, 5.41) is 16.0. The van der Waals surface area contributed by atoms with Crippen LogP contribution in [0.4, 0.5) is 11.4 Å². The lowest BCUT2D eigenvalue weighted by Crippen LogP contribution is -2.35. The minimum Gasteiger partial charge on any atom is -0.393 e. The van der Waals surface area contributed by atoms with E-state index in [2.05, 4.69) is 10.6 Å². The number of nitro groups is 1. The highest BCUT2D eigenvalue weighted by atomic mass is 16.6. The number of amides is 2. The maximum Gasteiger partial charge on any atom is 0.292 e. The van der Waals surface area contributed by atoms with Crippen LogP contribution in [0.1, 0.15) is 23.2 Å². The van der Waals surface area contributed by atoms with Crippen LogP contribution < -0.4 is 16.4 Å². The van der Waals surface area contributed by atoms with Gasteiger partial charge in [0.25, 0.3) is 11.6 Å². The van der Waals surface area contributed by atoms with E-state index in [-0.39, 0.29) is 35.3 Å². The van der Waals surface area contributed by atoms with Gasteiger partial charge in [-0.3, -0.25) is 19.7 Å². The van der Waals surface area contributed by atoms with E-state index in [1.807, 2.05) is 0 Å². The Morgan fingerprint density at radius 1 is 1.29 bits per heavy atom. The van der Waals surface area contributed by atoms with Crippen molar-refractivity contribution in [3.8, 4) is 0 Å². The molecule has 0 heterocycles. The standard InChI is InChI=1S/C13H16N4O4/c14-10-7-9(3-4-11(10)17(20)21)13(19)16-6-5-15-12(18)8-1-2-8/h3-4,7-8H,1-2,5-6,14H2,(H,15,18)(H,16,19). The Labute approximate surface area is 120 Å². The molecule has 1 saturated carbocycles. The first kappa shape index (κ1) is 14.8. The van der Waals surface area contributed by atoms with Crippen LogP contribution in [0.2, 0.25) is 0 Å². The molecule has 0 aliphatic heterocycles. The molecule has 0 unspecified atom stereocenters. The van der Waals surface area contributed by atoms with Crippen molar-refractivity contribution in [1.29, 1.82) is 0 Å². The molecule has 0 spiro atoms. The maximum atomic E-state index is 11.8. The minimum atomic E-state index is -0.607. The number of carbonyl (C=O) groups excluding carboxylic acids is 2. The van der Waals surface area contributed by atoms with E-state index in [9.17, 15) is 19.7 Å². The largest absolute Gasteiger partial charge is 0.393 e. The second kappa shape index (κ2) is 6.21. The Kier molecular flexibility index (Phi) is 4.36. The third kappa shape index (κ3) is 3.91. The third-order valence-corrected chi connectivity index (χ3v) is 3.14. The van der Waals surface area contributed by atoms with Gasteiger partial charge in [0.05, 0.1) is 4.92 Å². The van der Waals surface area contributed by atoms with E-state index in [0.717, 1.165) is 12.8 Å². The van der Waals surface area contributed by atoms with Gasteiger partial charge in [-0.2, -0.15) is 0 Å². The predicted molar refractivity (Wildman–Crippen MR) is 75.6 cm³/mol. The van der Waals surface area contributed by atoms with Crippen molar-refractivity contribution >= 4 is 23.2 Å². The number of nitrogen functional groups attached to an aromatic ring is 1. The molecule has 8 nitrogen and oxygen atoms in total. The molecule has 0 saturated heterocycles. The lowest BCUT2D eigenvalue weighted by atomic mass is 10.1. The summed E-state index contributed by atoms with van der Waals surface area (Å²) in [6.07, 6.45) is 1.86. The van der Waals surface area contributed by atoms with Crippen molar-refractivity contribution in [2.24, 2.45) is 5.92 Å². The first-order chi connectivity index (χ1) is 9.99. The van der Waals surface area contributed by atoms with Crippen LogP contribution in [-0.2, 0) is 4.79 Å². The average Bonchev–Trinajstić information content (AvgIpc) is 3.27. The van der Waals surface area contributed by atoms with Crippen LogP contribution in [0.15, 0.2) is 18.2 Å². The molecule has 1 aliphatic carbocycles. The smallest absolute Gasteiger partial charge is 0.292 e. The van der Waals surface area contributed by atoms with Crippen molar-refractivity contribution in [3.05, 3.63) is 33.9 Å². The highest BCUT2D eigenvalue weighted by molar-refractivity contribution is 5.95. The molecule has 1 aliphatic rings. The van der Waals surface area contributed by atoms with Crippen LogP contribution in [-0.4, -0.2) is 29.8 Å². The SMILES string of the molecule is Nc1cc(C(=O)NCCNC(=O)C2CC2)ccc1[N+](=O)[O-]. The zero-order valence-corrected chi connectivity index (χ0v) is 11.3. The second-order valence-corrected chi connectivity index (χ2v) is 4.85. The third-order valence-electron chi connectivity index (χ3n) is 3.14. The molecule has 2 amide bonds. The van der Waals surface area contributed by atoms with Crippen molar-refractivity contribution < 1.29 is 14.5 Å². The van der Waals surface area contributed by atoms with E-state index in [1.165, 1.54) is 18.2 Å². The molecule has 1 aromatic rings. The number of nitrogens with one attached hydrogen (secondary N) is 2. The highest BCUT2D eigenvalue weighted by Crippen LogP contribution is 2.28. The monoisotopic (exact) mass is 292 g/mol. The van der Waals surface area contributed by atoms with Crippen molar-refractivity contribution in [3.63, 3.8) is 0 Å². The Hall–Kier alpha value is -2.64. The van der Waals surface area contributed by atoms with Gasteiger partial charge in [-0.25, -0.2) is 0 Å². The van der Waals surface area contributed by atoms with Gasteiger partial charge in [0.1, 0.15) is 5.69 Å². The van der Waals surface area contributed by atoms with Crippen LogP contribution in [0, 0.1) is 16.0 Å². The first-order valence-corrected chi connectivity index (χ1v) is 6.59. The summed E-state index contributed by atoms with van der Waals surface area (Å²) in [7, 11) is 0. The molecule has 0 radical (unpaired) electrons. The van der Waals surface area contributed by atoms with Crippen molar-refractivity contribution in [1.82, 2.24) is 10.6 Å². The lowest BCUT2D eigenvalue weighted by molar-refractivity contribution is -0.383. The Balaban J connectivity index is 1.81. The number of rotatable bonds is 6. The molecule has 0 aromatic heterocycles. The van der Waals surface area contributed by atoms with Crippen LogP contribution >= 0.6 is 0 Å². The summed E-state index contributed by atoms with van der Waals surface area (Å²) in [4.78, 5) is 33.2. The van der Waals surface area contributed by atoms with E-state index >= 15 is 0 Å². The molecule has 0 atom stereocenters. The molecule has 2 rings (SSSR count). The Bertz CT molecular complexity index is 584. The van der Waals surface area contributed by atoms with E-state index in [1.54, 1.807) is 0 Å². The topological polar surface area (TPSA) is 127 Å². The summed E-state index contributed by atoms with van der Waals surface area (Å²) < 4.78 is 0. The molecule has 8 heteroatoms. The van der Waals surface area contributed by atoms with Crippen LogP contribution in [0.3, 0.4) is 0 Å². The van der Waals surface area contributed by atoms with Gasteiger partial charge in [0, 0.05) is 30.6 Å². The fourth-order valence-electron chi connectivity index (χ4n) is 1.82. The summed E-state index contributed by atoms with van der Waals surface area (Å²) in [5.74, 6) is -0.240. The molecule has 21 heavy (non-hydrogen) atoms. The van der Waals surface area contributed by atoms with Gasteiger partial charge in [-0.05, 0) is 25.0 Å². The summed E-state index contributed by atoms with van der Waals surface area (Å²) >= 11 is 0. The van der Waals surface area contributed by atoms with Gasteiger partial charge in [-0.1, -0.05) is 0 Å². The van der Waals surface area contributed by atoms with Gasteiger partial charge in [0.15, 0.2) is 0 Å². The van der Waals surface area contributed by atoms with Crippen LogP contribution in [0.5, 0.6) is 0 Å². The molecular weight excluding hydrogens is 276 g/mol. The summed E-state index contributed by atoms with van der Waals surface area (Å²) in [5.41, 5.74) is 5.46. The van der Waals surface area contributed by atoms with Gasteiger partial charge < -0.3 is 16.4 Å². The fourth-order valence-corrected chi connectivity index (χ4v) is 1.82. The van der Waals surface area contributed by atoms with Gasteiger partial charge >= 0.3 is 0 Å². The quantitative estimate of drug-likeness (QED) is 0.303. The first-order valence-electron chi connectivity index (χ1n) is 6.59. The van der Waals surface area contributed by atoms with Crippen molar-refractivity contribution in [2.75, 3.05) is 18.8 Å². The second-order valence-electron chi connectivity index (χ2n) is 4.85. The van der Waals surface area contributed by atoms with Crippen LogP contribution in [0.25, 0.3) is 0 Å². The van der Waals surface area contributed by atoms with Gasteiger partial charge in [0.2, 0.25) is 5.91 Å². The zero-order valence-electron chi connectivity index (χ0n) is 11.3. The van der Waals surface area contributed by atoms with Crippen molar-refractivity contribution in [2.45, 2.75) is 12.8 Å². The Morgan fingerprint density at radius 2 is 1.95 bits per heavy atom. The Morgan fingerprint density at radius 3 is 2.52 bits per heavy atom. The molecule has 1 fully saturated rings. The lowest BCUT2D eigenvalue weighted by Gasteiger charge is -2.07. The molecule has 1 aromatic carbocycles. The number of nitrogens with two attached hydrogens (primary N) is 1. The minimum absolute atomic E-state index is 0.0174. The predicted octanol–water partition coefficient (Wildman–Crippen LogP) is 0.433. The maximum absolute atomic E-state index is 11.8. The number of nitrogens with zero attached hydrogens (tertiary/aromatic N) is 1. The number of nitro benzene ring substituents is 1. The average molecular weight is 292 g/mol. The number of benzene rings is 1. The van der Waals surface area contributed by atoms with E-state index in [4.69, 9.17) is 5.73 Å². The van der Waals surface area contributed by atoms with Gasteiger partial charge in [-0.15, -0.1) is 0 Å². The summed E-state index contributed by atoms with van der Waals surface area (Å²) in [6, 6.07) is 3.79. The highest BCUT2D eigenvalue weighted by Gasteiger charge is 2.29. The molecule has 4 N–H and O–H groups in total. The number of hydrogen-bond acceptors (Lipinski definition) is 5. The van der Waals surface area contributed by atoms with E-state index < -0.39 is 10.8 Å². The zero-order chi connectivity index (χ0) is 15.4. The number of carbonyl (C=O) groups is 2. The molecule has 0 bridgehead atoms. The number of hydrogen-bond donors (Lipinski definition) is 3. The summed E-state index contributed by atoms with van der Waals surface area (Å²) in [6.45, 7) is 0.637. The van der Waals surface area contributed by atoms with E-state index in [0.29, 0.717) is 6.54 Å². The molecule has 112 valence electrons. The normalized spacial score (nSPS) is 13.5. The molecular formula is C13H16N4O4. The number of anilines is 1.